The van der Waals surface area contributed by atoms with Crippen molar-refractivity contribution in [3.05, 3.63) is 0 Å². The van der Waals surface area contributed by atoms with Crippen LogP contribution in [0.1, 0.15) is 26.7 Å². The quantitative estimate of drug-likeness (QED) is 0.496. The summed E-state index contributed by atoms with van der Waals surface area (Å²) in [5.41, 5.74) is 5.20. The van der Waals surface area contributed by atoms with Gasteiger partial charge in [0.05, 0.1) is 5.54 Å². The van der Waals surface area contributed by atoms with Gasteiger partial charge in [0, 0.05) is 32.2 Å². The van der Waals surface area contributed by atoms with Gasteiger partial charge in [-0.05, 0) is 26.7 Å². The molecule has 0 unspecified atom stereocenters. The lowest BCUT2D eigenvalue weighted by Gasteiger charge is -2.43. The summed E-state index contributed by atoms with van der Waals surface area (Å²) in [5.74, 6) is 0.179. The number of hydrogen-bond acceptors (Lipinski definition) is 3. The lowest BCUT2D eigenvalue weighted by molar-refractivity contribution is 0.0967. The van der Waals surface area contributed by atoms with Gasteiger partial charge in [-0.2, -0.15) is 0 Å². The number of carbonyl (C=O) groups excluding carboxylic acids is 1. The van der Waals surface area contributed by atoms with Gasteiger partial charge < -0.3 is 16.0 Å². The third-order valence-electron chi connectivity index (χ3n) is 3.92. The van der Waals surface area contributed by atoms with Crippen LogP contribution in [-0.4, -0.2) is 59.4 Å². The van der Waals surface area contributed by atoms with Crippen molar-refractivity contribution in [1.82, 2.24) is 15.1 Å². The first-order valence-corrected chi connectivity index (χ1v) is 6.56. The molecule has 6 nitrogen and oxygen atoms in total. The van der Waals surface area contributed by atoms with Gasteiger partial charge in [-0.3, -0.25) is 10.3 Å². The first-order valence-electron chi connectivity index (χ1n) is 6.56. The van der Waals surface area contributed by atoms with E-state index in [4.69, 9.17) is 11.1 Å². The molecule has 1 heterocycles. The molecule has 1 aliphatic heterocycles. The minimum Gasteiger partial charge on any atom is -0.386 e. The minimum atomic E-state index is -0.418. The van der Waals surface area contributed by atoms with Crippen LogP contribution in [0.15, 0.2) is 0 Å². The van der Waals surface area contributed by atoms with Crippen molar-refractivity contribution in [3.63, 3.8) is 0 Å². The lowest BCUT2D eigenvalue weighted by atomic mass is 10.0. The standard InChI is InChI=1S/C12H23N5O/c1-12(2,10(13)14)17-7-5-16(6-8-17)11(18)15-9-3-4-9/h9H,3-8H2,1-2H3,(H3,13,14)(H,15,18). The second-order valence-electron chi connectivity index (χ2n) is 5.67. The van der Waals surface area contributed by atoms with E-state index in [0.717, 1.165) is 25.9 Å². The molecule has 1 aliphatic carbocycles. The van der Waals surface area contributed by atoms with Crippen LogP contribution in [0, 0.1) is 5.41 Å². The van der Waals surface area contributed by atoms with Crippen molar-refractivity contribution in [2.75, 3.05) is 26.2 Å². The van der Waals surface area contributed by atoms with Crippen LogP contribution in [0.4, 0.5) is 4.79 Å². The van der Waals surface area contributed by atoms with Gasteiger partial charge in [-0.15, -0.1) is 0 Å². The fourth-order valence-corrected chi connectivity index (χ4v) is 2.13. The first-order chi connectivity index (χ1) is 8.41. The molecule has 0 atom stereocenters. The fourth-order valence-electron chi connectivity index (χ4n) is 2.13. The first kappa shape index (κ1) is 13.1. The van der Waals surface area contributed by atoms with Gasteiger partial charge >= 0.3 is 6.03 Å². The van der Waals surface area contributed by atoms with Crippen LogP contribution in [0.5, 0.6) is 0 Å². The highest BCUT2D eigenvalue weighted by molar-refractivity contribution is 5.86. The van der Waals surface area contributed by atoms with E-state index in [1.165, 1.54) is 0 Å². The zero-order chi connectivity index (χ0) is 13.3. The van der Waals surface area contributed by atoms with Gasteiger partial charge in [0.1, 0.15) is 5.84 Å². The van der Waals surface area contributed by atoms with E-state index in [0.29, 0.717) is 19.1 Å². The maximum absolute atomic E-state index is 11.9. The zero-order valence-electron chi connectivity index (χ0n) is 11.2. The largest absolute Gasteiger partial charge is 0.386 e. The van der Waals surface area contributed by atoms with Crippen molar-refractivity contribution in [2.45, 2.75) is 38.3 Å². The molecule has 0 radical (unpaired) electrons. The Hall–Kier alpha value is -1.30. The van der Waals surface area contributed by atoms with E-state index in [-0.39, 0.29) is 11.9 Å². The molecule has 1 saturated carbocycles. The minimum absolute atomic E-state index is 0.0535. The predicted molar refractivity (Wildman–Crippen MR) is 70.7 cm³/mol. The molecule has 6 heteroatoms. The number of nitrogens with two attached hydrogens (primary N) is 1. The summed E-state index contributed by atoms with van der Waals surface area (Å²) in [6.45, 7) is 6.85. The number of carbonyl (C=O) groups is 1. The maximum atomic E-state index is 11.9. The SMILES string of the molecule is CC(C)(C(=N)N)N1CCN(C(=O)NC2CC2)CC1. The summed E-state index contributed by atoms with van der Waals surface area (Å²) in [6, 6.07) is 0.460. The molecule has 102 valence electrons. The summed E-state index contributed by atoms with van der Waals surface area (Å²) >= 11 is 0. The number of rotatable bonds is 3. The Morgan fingerprint density at radius 3 is 2.28 bits per heavy atom. The molecule has 0 aromatic carbocycles. The molecule has 0 spiro atoms. The molecule has 0 aromatic rings. The van der Waals surface area contributed by atoms with E-state index in [1.54, 1.807) is 0 Å². The average Bonchev–Trinajstić information content (AvgIpc) is 3.13. The van der Waals surface area contributed by atoms with Crippen LogP contribution in [0.3, 0.4) is 0 Å². The van der Waals surface area contributed by atoms with Crippen molar-refractivity contribution in [3.8, 4) is 0 Å². The van der Waals surface area contributed by atoms with Crippen molar-refractivity contribution in [1.29, 1.82) is 5.41 Å². The zero-order valence-corrected chi connectivity index (χ0v) is 11.2. The molecule has 1 saturated heterocycles. The molecule has 0 aromatic heterocycles. The maximum Gasteiger partial charge on any atom is 0.317 e. The Morgan fingerprint density at radius 2 is 1.83 bits per heavy atom. The lowest BCUT2D eigenvalue weighted by Crippen LogP contribution is -2.61. The van der Waals surface area contributed by atoms with Crippen LogP contribution < -0.4 is 11.1 Å². The number of nitrogens with zero attached hydrogens (tertiary/aromatic N) is 2. The van der Waals surface area contributed by atoms with Crippen molar-refractivity contribution in [2.24, 2.45) is 5.73 Å². The Morgan fingerprint density at radius 1 is 1.28 bits per heavy atom. The van der Waals surface area contributed by atoms with Crippen LogP contribution in [0.2, 0.25) is 0 Å². The number of urea groups is 1. The van der Waals surface area contributed by atoms with Gasteiger partial charge in [-0.25, -0.2) is 4.79 Å². The Labute approximate surface area is 108 Å². The number of amidine groups is 1. The molecule has 2 rings (SSSR count). The molecular formula is C12H23N5O. The highest BCUT2D eigenvalue weighted by atomic mass is 16.2. The summed E-state index contributed by atoms with van der Waals surface area (Å²) in [4.78, 5) is 15.9. The van der Waals surface area contributed by atoms with Crippen LogP contribution >= 0.6 is 0 Å². The second-order valence-corrected chi connectivity index (χ2v) is 5.67. The topological polar surface area (TPSA) is 85.5 Å². The normalized spacial score (nSPS) is 21.8. The number of nitrogens with one attached hydrogen (secondary N) is 2. The second kappa shape index (κ2) is 4.76. The van der Waals surface area contributed by atoms with Gasteiger partial charge in [0.2, 0.25) is 0 Å². The highest BCUT2D eigenvalue weighted by Gasteiger charge is 2.34. The Bertz CT molecular complexity index is 342. The van der Waals surface area contributed by atoms with E-state index >= 15 is 0 Å². The number of piperazine rings is 1. The van der Waals surface area contributed by atoms with E-state index in [9.17, 15) is 4.79 Å². The van der Waals surface area contributed by atoms with E-state index in [1.807, 2.05) is 18.7 Å². The third-order valence-corrected chi connectivity index (χ3v) is 3.92. The van der Waals surface area contributed by atoms with Crippen LogP contribution in [0.25, 0.3) is 0 Å². The average molecular weight is 253 g/mol. The van der Waals surface area contributed by atoms with Crippen LogP contribution in [-0.2, 0) is 0 Å². The number of hydrogen-bond donors (Lipinski definition) is 3. The van der Waals surface area contributed by atoms with Gasteiger partial charge in [0.25, 0.3) is 0 Å². The fraction of sp³-hybridized carbons (Fsp3) is 0.833. The van der Waals surface area contributed by atoms with Gasteiger partial charge in [0.15, 0.2) is 0 Å². The Balaban J connectivity index is 1.83. The van der Waals surface area contributed by atoms with E-state index in [2.05, 4.69) is 10.2 Å². The summed E-state index contributed by atoms with van der Waals surface area (Å²) in [6.07, 6.45) is 2.23. The van der Waals surface area contributed by atoms with Crippen molar-refractivity contribution < 1.29 is 4.79 Å². The van der Waals surface area contributed by atoms with Crippen molar-refractivity contribution >= 4 is 11.9 Å². The van der Waals surface area contributed by atoms with E-state index < -0.39 is 5.54 Å². The molecule has 2 amide bonds. The highest BCUT2D eigenvalue weighted by Crippen LogP contribution is 2.20. The molecule has 2 fully saturated rings. The third kappa shape index (κ3) is 2.75. The Kier molecular flexibility index (Phi) is 3.47. The van der Waals surface area contributed by atoms with Gasteiger partial charge in [-0.1, -0.05) is 0 Å². The molecular weight excluding hydrogens is 230 g/mol. The molecule has 0 bridgehead atoms. The monoisotopic (exact) mass is 253 g/mol. The predicted octanol–water partition coefficient (Wildman–Crippen LogP) is 0.191. The molecule has 4 N–H and O–H groups in total. The molecule has 18 heavy (non-hydrogen) atoms. The molecule has 2 aliphatic rings. The summed E-state index contributed by atoms with van der Waals surface area (Å²) in [5, 5.41) is 10.6. The summed E-state index contributed by atoms with van der Waals surface area (Å²) in [7, 11) is 0. The smallest absolute Gasteiger partial charge is 0.317 e. The number of amides is 2. The summed E-state index contributed by atoms with van der Waals surface area (Å²) < 4.78 is 0.